The van der Waals surface area contributed by atoms with E-state index >= 15 is 0 Å². The number of pyridine rings is 1. The van der Waals surface area contributed by atoms with Gasteiger partial charge in [-0.25, -0.2) is 9.78 Å². The number of carbonyl (C=O) groups is 2. The maximum atomic E-state index is 12.5. The minimum absolute atomic E-state index is 0.187. The Morgan fingerprint density at radius 2 is 1.80 bits per heavy atom. The molecule has 1 atom stereocenters. The number of amides is 1. The standard InChI is InChI=1S/C32H48N4O5/c1-4-24(5-2)23-30(37)35-29(32(38)39)17-20-36(21-22-41-28-15-13-27(40-3)14-16-28)19-7-6-10-26-12-11-25-9-8-18-33-31(25)34-26/h11-16,24,29H,4-10,17-23H2,1-3H3,(H,33,34)(H,35,37)(H,38,39)/t29-/m0/s1. The first-order valence-electron chi connectivity index (χ1n) is 15.2. The largest absolute Gasteiger partial charge is 0.497 e. The smallest absolute Gasteiger partial charge is 0.326 e. The lowest BCUT2D eigenvalue weighted by molar-refractivity contribution is -0.142. The monoisotopic (exact) mass is 568 g/mol. The molecule has 1 amide bonds. The van der Waals surface area contributed by atoms with Crippen LogP contribution in [-0.2, 0) is 22.4 Å². The van der Waals surface area contributed by atoms with Gasteiger partial charge in [0.2, 0.25) is 5.91 Å². The Labute approximate surface area is 245 Å². The average molecular weight is 569 g/mol. The summed E-state index contributed by atoms with van der Waals surface area (Å²) in [5.74, 6) is 1.65. The molecular formula is C32H48N4O5. The summed E-state index contributed by atoms with van der Waals surface area (Å²) in [6.45, 7) is 7.58. The number of methoxy groups -OCH3 is 1. The second-order valence-electron chi connectivity index (χ2n) is 10.8. The van der Waals surface area contributed by atoms with E-state index in [0.717, 1.165) is 81.0 Å². The fourth-order valence-corrected chi connectivity index (χ4v) is 5.11. The Morgan fingerprint density at radius 3 is 2.51 bits per heavy atom. The van der Waals surface area contributed by atoms with Gasteiger partial charge in [-0.15, -0.1) is 0 Å². The molecule has 0 saturated heterocycles. The molecule has 0 aliphatic carbocycles. The molecule has 0 bridgehead atoms. The number of anilines is 1. The number of hydrogen-bond acceptors (Lipinski definition) is 7. The van der Waals surface area contributed by atoms with Crippen LogP contribution in [0.3, 0.4) is 0 Å². The Hall–Kier alpha value is -3.33. The van der Waals surface area contributed by atoms with E-state index in [1.165, 1.54) is 5.56 Å². The van der Waals surface area contributed by atoms with E-state index < -0.39 is 12.0 Å². The fraction of sp³-hybridized carbons (Fsp3) is 0.594. The van der Waals surface area contributed by atoms with Gasteiger partial charge in [0, 0.05) is 31.7 Å². The lowest BCUT2D eigenvalue weighted by Crippen LogP contribution is -2.44. The third kappa shape index (κ3) is 11.2. The van der Waals surface area contributed by atoms with Crippen molar-refractivity contribution in [2.24, 2.45) is 5.92 Å². The molecule has 3 rings (SSSR count). The molecule has 0 unspecified atom stereocenters. The molecule has 9 heteroatoms. The van der Waals surface area contributed by atoms with Crippen LogP contribution in [0.4, 0.5) is 5.82 Å². The summed E-state index contributed by atoms with van der Waals surface area (Å²) < 4.78 is 11.2. The third-order valence-corrected chi connectivity index (χ3v) is 7.84. The number of hydrogen-bond donors (Lipinski definition) is 3. The highest BCUT2D eigenvalue weighted by molar-refractivity contribution is 5.83. The summed E-state index contributed by atoms with van der Waals surface area (Å²) in [5.41, 5.74) is 2.39. The molecule has 0 spiro atoms. The van der Waals surface area contributed by atoms with Crippen LogP contribution in [-0.4, -0.2) is 72.8 Å². The van der Waals surface area contributed by atoms with Crippen molar-refractivity contribution in [3.8, 4) is 11.5 Å². The van der Waals surface area contributed by atoms with Crippen molar-refractivity contribution >= 4 is 17.7 Å². The van der Waals surface area contributed by atoms with Gasteiger partial charge in [0.15, 0.2) is 0 Å². The van der Waals surface area contributed by atoms with Crippen molar-refractivity contribution in [2.45, 2.75) is 77.7 Å². The van der Waals surface area contributed by atoms with Crippen LogP contribution in [0.1, 0.15) is 70.1 Å². The molecule has 226 valence electrons. The van der Waals surface area contributed by atoms with Gasteiger partial charge in [-0.1, -0.05) is 32.8 Å². The van der Waals surface area contributed by atoms with E-state index in [9.17, 15) is 14.7 Å². The zero-order valence-corrected chi connectivity index (χ0v) is 25.0. The van der Waals surface area contributed by atoms with Gasteiger partial charge in [-0.05, 0) is 86.9 Å². The van der Waals surface area contributed by atoms with Gasteiger partial charge in [0.1, 0.15) is 30.0 Å². The Bertz CT molecular complexity index is 1070. The van der Waals surface area contributed by atoms with Crippen LogP contribution < -0.4 is 20.1 Å². The van der Waals surface area contributed by atoms with E-state index in [-0.39, 0.29) is 11.8 Å². The predicted octanol–water partition coefficient (Wildman–Crippen LogP) is 4.94. The number of ether oxygens (including phenoxy) is 2. The van der Waals surface area contributed by atoms with Crippen molar-refractivity contribution in [1.82, 2.24) is 15.2 Å². The summed E-state index contributed by atoms with van der Waals surface area (Å²) in [7, 11) is 1.63. The first-order valence-corrected chi connectivity index (χ1v) is 15.2. The molecule has 0 saturated carbocycles. The highest BCUT2D eigenvalue weighted by Gasteiger charge is 2.22. The maximum Gasteiger partial charge on any atom is 0.326 e. The molecule has 1 aliphatic heterocycles. The minimum atomic E-state index is -0.996. The number of carboxylic acid groups (broad SMARTS) is 1. The lowest BCUT2D eigenvalue weighted by atomic mass is 9.99. The van der Waals surface area contributed by atoms with Crippen molar-refractivity contribution in [1.29, 1.82) is 0 Å². The van der Waals surface area contributed by atoms with Crippen LogP contribution in [0.25, 0.3) is 0 Å². The number of aromatic nitrogens is 1. The molecule has 1 aromatic carbocycles. The number of benzene rings is 1. The fourth-order valence-electron chi connectivity index (χ4n) is 5.11. The van der Waals surface area contributed by atoms with Gasteiger partial charge in [-0.3, -0.25) is 9.69 Å². The van der Waals surface area contributed by atoms with Crippen LogP contribution in [0.2, 0.25) is 0 Å². The van der Waals surface area contributed by atoms with Crippen LogP contribution in [0.15, 0.2) is 36.4 Å². The van der Waals surface area contributed by atoms with Gasteiger partial charge < -0.3 is 25.2 Å². The molecule has 3 N–H and O–H groups in total. The van der Waals surface area contributed by atoms with E-state index in [4.69, 9.17) is 14.5 Å². The number of fused-ring (bicyclic) bond motifs is 1. The second-order valence-corrected chi connectivity index (χ2v) is 10.8. The number of nitrogens with one attached hydrogen (secondary N) is 2. The maximum absolute atomic E-state index is 12.5. The van der Waals surface area contributed by atoms with E-state index in [0.29, 0.717) is 32.5 Å². The Kier molecular flexibility index (Phi) is 13.7. The highest BCUT2D eigenvalue weighted by atomic mass is 16.5. The predicted molar refractivity (Wildman–Crippen MR) is 162 cm³/mol. The van der Waals surface area contributed by atoms with Crippen LogP contribution in [0.5, 0.6) is 11.5 Å². The minimum Gasteiger partial charge on any atom is -0.497 e. The van der Waals surface area contributed by atoms with Crippen molar-refractivity contribution in [3.63, 3.8) is 0 Å². The number of aliphatic carboxylic acids is 1. The van der Waals surface area contributed by atoms with Gasteiger partial charge >= 0.3 is 5.97 Å². The molecule has 41 heavy (non-hydrogen) atoms. The van der Waals surface area contributed by atoms with E-state index in [1.807, 2.05) is 24.3 Å². The van der Waals surface area contributed by atoms with E-state index in [2.05, 4.69) is 41.5 Å². The molecule has 2 heterocycles. The lowest BCUT2D eigenvalue weighted by Gasteiger charge is -2.25. The molecule has 0 radical (unpaired) electrons. The number of carboxylic acids is 1. The number of carbonyl (C=O) groups excluding carboxylic acids is 1. The summed E-state index contributed by atoms with van der Waals surface area (Å²) in [4.78, 5) is 31.5. The zero-order chi connectivity index (χ0) is 29.5. The number of aryl methyl sites for hydroxylation is 2. The van der Waals surface area contributed by atoms with Gasteiger partial charge in [0.05, 0.1) is 7.11 Å². The number of unbranched alkanes of at least 4 members (excludes halogenated alkanes) is 1. The number of rotatable bonds is 19. The van der Waals surface area contributed by atoms with Crippen molar-refractivity contribution < 1.29 is 24.2 Å². The number of nitrogens with zero attached hydrogens (tertiary/aromatic N) is 2. The van der Waals surface area contributed by atoms with Gasteiger partial charge in [-0.2, -0.15) is 0 Å². The van der Waals surface area contributed by atoms with Gasteiger partial charge in [0.25, 0.3) is 0 Å². The molecule has 1 aromatic heterocycles. The van der Waals surface area contributed by atoms with Crippen LogP contribution in [0, 0.1) is 5.92 Å². The zero-order valence-electron chi connectivity index (χ0n) is 25.0. The second kappa shape index (κ2) is 17.5. The summed E-state index contributed by atoms with van der Waals surface area (Å²) in [6, 6.07) is 10.9. The van der Waals surface area contributed by atoms with E-state index in [1.54, 1.807) is 7.11 Å². The molecule has 9 nitrogen and oxygen atoms in total. The normalized spacial score (nSPS) is 13.4. The first-order chi connectivity index (χ1) is 19.9. The Morgan fingerprint density at radius 1 is 1.05 bits per heavy atom. The van der Waals surface area contributed by atoms with Crippen molar-refractivity contribution in [2.75, 3.05) is 45.2 Å². The Balaban J connectivity index is 1.52. The summed E-state index contributed by atoms with van der Waals surface area (Å²) >= 11 is 0. The first kappa shape index (κ1) is 32.2. The topological polar surface area (TPSA) is 113 Å². The summed E-state index contributed by atoms with van der Waals surface area (Å²) in [6.07, 6.45) is 7.57. The molecule has 2 aromatic rings. The molecule has 0 fully saturated rings. The summed E-state index contributed by atoms with van der Waals surface area (Å²) in [5, 5.41) is 16.0. The average Bonchev–Trinajstić information content (AvgIpc) is 2.99. The van der Waals surface area contributed by atoms with Crippen LogP contribution >= 0.6 is 0 Å². The quantitative estimate of drug-likeness (QED) is 0.204. The molecule has 1 aliphatic rings. The highest BCUT2D eigenvalue weighted by Crippen LogP contribution is 2.21. The van der Waals surface area contributed by atoms with Crippen molar-refractivity contribution in [3.05, 3.63) is 47.7 Å². The SMILES string of the molecule is CCC(CC)CC(=O)N[C@@H](CCN(CCCCc1ccc2c(n1)NCCC2)CCOc1ccc(OC)cc1)C(=O)O. The third-order valence-electron chi connectivity index (χ3n) is 7.84. The molecular weight excluding hydrogens is 520 g/mol.